The van der Waals surface area contributed by atoms with E-state index in [-0.39, 0.29) is 30.1 Å². The Morgan fingerprint density at radius 3 is 2.32 bits per heavy atom. The maximum absolute atomic E-state index is 5.64. The van der Waals surface area contributed by atoms with Crippen molar-refractivity contribution in [2.24, 2.45) is 4.99 Å². The van der Waals surface area contributed by atoms with E-state index >= 15 is 0 Å². The summed E-state index contributed by atoms with van der Waals surface area (Å²) in [5, 5.41) is 6.46. The Morgan fingerprint density at radius 2 is 1.80 bits per heavy atom. The highest BCUT2D eigenvalue weighted by Crippen LogP contribution is 2.13. The predicted molar refractivity (Wildman–Crippen MR) is 111 cm³/mol. The van der Waals surface area contributed by atoms with Crippen molar-refractivity contribution in [3.63, 3.8) is 0 Å². The van der Waals surface area contributed by atoms with E-state index in [4.69, 9.17) is 9.15 Å². The van der Waals surface area contributed by atoms with E-state index in [1.165, 1.54) is 0 Å². The van der Waals surface area contributed by atoms with Gasteiger partial charge in [0.25, 0.3) is 0 Å². The summed E-state index contributed by atoms with van der Waals surface area (Å²) in [6.07, 6.45) is 0.180. The smallest absolute Gasteiger partial charge is 0.214 e. The van der Waals surface area contributed by atoms with Gasteiger partial charge in [-0.1, -0.05) is 12.1 Å². The molecule has 0 aliphatic carbocycles. The first-order chi connectivity index (χ1) is 11.5. The summed E-state index contributed by atoms with van der Waals surface area (Å²) in [5.74, 6) is 3.08. The number of benzene rings is 1. The fourth-order valence-corrected chi connectivity index (χ4v) is 2.14. The number of aromatic nitrogens is 1. The van der Waals surface area contributed by atoms with Crippen LogP contribution < -0.4 is 15.4 Å². The van der Waals surface area contributed by atoms with Crippen LogP contribution in [0.4, 0.5) is 0 Å². The Labute approximate surface area is 166 Å². The SMILES string of the molecule is CN=C(NCc1ccc(OC(C)C)cc1)NCc1nc(C)c(C)o1.I. The van der Waals surface area contributed by atoms with E-state index in [1.807, 2.05) is 52.0 Å². The van der Waals surface area contributed by atoms with Gasteiger partial charge in [-0.2, -0.15) is 0 Å². The van der Waals surface area contributed by atoms with Gasteiger partial charge in [-0.3, -0.25) is 4.99 Å². The zero-order valence-corrected chi connectivity index (χ0v) is 17.8. The van der Waals surface area contributed by atoms with Crippen molar-refractivity contribution in [3.8, 4) is 5.75 Å². The molecule has 0 fully saturated rings. The summed E-state index contributed by atoms with van der Waals surface area (Å²) >= 11 is 0. The minimum absolute atomic E-state index is 0. The number of hydrogen-bond donors (Lipinski definition) is 2. The number of nitrogens with one attached hydrogen (secondary N) is 2. The van der Waals surface area contributed by atoms with Crippen LogP contribution in [-0.4, -0.2) is 24.1 Å². The van der Waals surface area contributed by atoms with E-state index in [0.717, 1.165) is 22.8 Å². The maximum atomic E-state index is 5.64. The summed E-state index contributed by atoms with van der Waals surface area (Å²) in [6.45, 7) is 9.04. The van der Waals surface area contributed by atoms with Crippen molar-refractivity contribution in [2.75, 3.05) is 7.05 Å². The van der Waals surface area contributed by atoms with Crippen molar-refractivity contribution in [2.45, 2.75) is 46.9 Å². The van der Waals surface area contributed by atoms with Gasteiger partial charge in [-0.05, 0) is 45.4 Å². The molecule has 25 heavy (non-hydrogen) atoms. The number of guanidine groups is 1. The number of ether oxygens (including phenoxy) is 1. The zero-order chi connectivity index (χ0) is 17.5. The van der Waals surface area contributed by atoms with Crippen LogP contribution in [0, 0.1) is 13.8 Å². The molecule has 0 atom stereocenters. The lowest BCUT2D eigenvalue weighted by atomic mass is 10.2. The number of nitrogens with zero attached hydrogens (tertiary/aromatic N) is 2. The highest BCUT2D eigenvalue weighted by molar-refractivity contribution is 14.0. The Hall–Kier alpha value is -1.77. The lowest BCUT2D eigenvalue weighted by molar-refractivity contribution is 0.242. The van der Waals surface area contributed by atoms with E-state index in [0.29, 0.717) is 24.9 Å². The summed E-state index contributed by atoms with van der Waals surface area (Å²) in [5.41, 5.74) is 2.07. The summed E-state index contributed by atoms with van der Waals surface area (Å²) < 4.78 is 11.2. The van der Waals surface area contributed by atoms with E-state index in [2.05, 4.69) is 20.6 Å². The molecular formula is C18H27IN4O2. The Morgan fingerprint density at radius 1 is 1.16 bits per heavy atom. The molecule has 138 valence electrons. The van der Waals surface area contributed by atoms with Crippen LogP contribution in [-0.2, 0) is 13.1 Å². The summed E-state index contributed by atoms with van der Waals surface area (Å²) in [7, 11) is 1.74. The number of halogens is 1. The lowest BCUT2D eigenvalue weighted by Crippen LogP contribution is -2.36. The Kier molecular flexibility index (Phi) is 8.74. The third-order valence-corrected chi connectivity index (χ3v) is 3.46. The van der Waals surface area contributed by atoms with Crippen molar-refractivity contribution in [1.82, 2.24) is 15.6 Å². The minimum atomic E-state index is 0. The molecule has 0 radical (unpaired) electrons. The number of oxazole rings is 1. The van der Waals surface area contributed by atoms with Gasteiger partial charge in [0.1, 0.15) is 11.5 Å². The molecule has 0 amide bonds. The fraction of sp³-hybridized carbons (Fsp3) is 0.444. The van der Waals surface area contributed by atoms with Crippen LogP contribution >= 0.6 is 24.0 Å². The normalized spacial score (nSPS) is 11.2. The van der Waals surface area contributed by atoms with Crippen molar-refractivity contribution in [1.29, 1.82) is 0 Å². The third-order valence-electron chi connectivity index (χ3n) is 3.46. The van der Waals surface area contributed by atoms with Gasteiger partial charge < -0.3 is 19.8 Å². The minimum Gasteiger partial charge on any atom is -0.491 e. The summed E-state index contributed by atoms with van der Waals surface area (Å²) in [6, 6.07) is 8.04. The monoisotopic (exact) mass is 458 g/mol. The summed E-state index contributed by atoms with van der Waals surface area (Å²) in [4.78, 5) is 8.55. The van der Waals surface area contributed by atoms with Gasteiger partial charge in [-0.25, -0.2) is 4.98 Å². The first-order valence-corrected chi connectivity index (χ1v) is 8.11. The molecule has 0 saturated heterocycles. The molecule has 0 unspecified atom stereocenters. The first-order valence-electron chi connectivity index (χ1n) is 8.11. The van der Waals surface area contributed by atoms with Crippen LogP contribution in [0.2, 0.25) is 0 Å². The van der Waals surface area contributed by atoms with E-state index < -0.39 is 0 Å². The molecule has 2 rings (SSSR count). The Bertz CT molecular complexity index is 661. The molecule has 0 aliphatic heterocycles. The first kappa shape index (κ1) is 21.3. The number of aliphatic imine (C=N–C) groups is 1. The molecule has 0 spiro atoms. The molecular weight excluding hydrogens is 431 g/mol. The van der Waals surface area contributed by atoms with Crippen molar-refractivity contribution < 1.29 is 9.15 Å². The second-order valence-corrected chi connectivity index (χ2v) is 5.84. The quantitative estimate of drug-likeness (QED) is 0.394. The molecule has 6 nitrogen and oxygen atoms in total. The topological polar surface area (TPSA) is 71.7 Å². The highest BCUT2D eigenvalue weighted by atomic mass is 127. The van der Waals surface area contributed by atoms with Crippen LogP contribution in [0.15, 0.2) is 33.7 Å². The van der Waals surface area contributed by atoms with Gasteiger partial charge in [0.05, 0.1) is 18.3 Å². The Balaban J connectivity index is 0.00000312. The molecule has 7 heteroatoms. The van der Waals surface area contributed by atoms with Crippen LogP contribution in [0.5, 0.6) is 5.75 Å². The lowest BCUT2D eigenvalue weighted by Gasteiger charge is -2.12. The largest absolute Gasteiger partial charge is 0.491 e. The fourth-order valence-electron chi connectivity index (χ4n) is 2.14. The third kappa shape index (κ3) is 6.93. The molecule has 0 saturated carbocycles. The molecule has 1 aromatic heterocycles. The van der Waals surface area contributed by atoms with Gasteiger partial charge >= 0.3 is 0 Å². The van der Waals surface area contributed by atoms with Gasteiger partial charge in [-0.15, -0.1) is 24.0 Å². The predicted octanol–water partition coefficient (Wildman–Crippen LogP) is 3.56. The highest BCUT2D eigenvalue weighted by Gasteiger charge is 2.06. The number of rotatable bonds is 6. The molecule has 2 aromatic rings. The molecule has 1 heterocycles. The maximum Gasteiger partial charge on any atom is 0.214 e. The van der Waals surface area contributed by atoms with Crippen LogP contribution in [0.25, 0.3) is 0 Å². The van der Waals surface area contributed by atoms with Crippen molar-refractivity contribution >= 4 is 29.9 Å². The van der Waals surface area contributed by atoms with Crippen LogP contribution in [0.1, 0.15) is 36.8 Å². The standard InChI is InChI=1S/C18H26N4O2.HI/c1-12(2)23-16-8-6-15(7-9-16)10-20-18(19-5)21-11-17-22-13(3)14(4)24-17;/h6-9,12H,10-11H2,1-5H3,(H2,19,20,21);1H. The second kappa shape index (κ2) is 10.3. The van der Waals surface area contributed by atoms with Crippen molar-refractivity contribution in [3.05, 3.63) is 47.2 Å². The van der Waals surface area contributed by atoms with Crippen LogP contribution in [0.3, 0.4) is 0 Å². The van der Waals surface area contributed by atoms with Gasteiger partial charge in [0.15, 0.2) is 5.96 Å². The van der Waals surface area contributed by atoms with E-state index in [9.17, 15) is 0 Å². The average molecular weight is 458 g/mol. The number of hydrogen-bond acceptors (Lipinski definition) is 4. The molecule has 0 bridgehead atoms. The molecule has 1 aromatic carbocycles. The average Bonchev–Trinajstić information content (AvgIpc) is 2.87. The van der Waals surface area contributed by atoms with Gasteiger partial charge in [0.2, 0.25) is 5.89 Å². The number of aryl methyl sites for hydroxylation is 2. The zero-order valence-electron chi connectivity index (χ0n) is 15.4. The second-order valence-electron chi connectivity index (χ2n) is 5.84. The van der Waals surface area contributed by atoms with Gasteiger partial charge in [0, 0.05) is 13.6 Å². The molecule has 2 N–H and O–H groups in total. The van der Waals surface area contributed by atoms with E-state index in [1.54, 1.807) is 7.05 Å². The molecule has 0 aliphatic rings.